The summed E-state index contributed by atoms with van der Waals surface area (Å²) < 4.78 is 0. The number of nitrogens with zero attached hydrogens (tertiary/aromatic N) is 1. The third-order valence-corrected chi connectivity index (χ3v) is 0.202. The highest BCUT2D eigenvalue weighted by Crippen LogP contribution is 1.56. The molecule has 0 aliphatic carbocycles. The van der Waals surface area contributed by atoms with Gasteiger partial charge in [0.05, 0.1) is 6.34 Å². The van der Waals surface area contributed by atoms with Crippen molar-refractivity contribution in [2.24, 2.45) is 16.5 Å². The first-order valence-corrected chi connectivity index (χ1v) is 1.31. The first-order chi connectivity index (χ1) is 2.77. The Morgan fingerprint density at radius 3 is 2.33 bits per heavy atom. The van der Waals surface area contributed by atoms with Crippen LogP contribution in [0.1, 0.15) is 0 Å². The summed E-state index contributed by atoms with van der Waals surface area (Å²) in [6.45, 7) is 0. The van der Waals surface area contributed by atoms with Gasteiger partial charge in [0.25, 0.3) is 0 Å². The van der Waals surface area contributed by atoms with Crippen LogP contribution in [-0.2, 0) is 0 Å². The predicted octanol–water partition coefficient (Wildman–Crippen LogP) is -0.948. The number of amides is 2. The van der Waals surface area contributed by atoms with Crippen LogP contribution in [0.4, 0.5) is 4.79 Å². The van der Waals surface area contributed by atoms with Gasteiger partial charge in [0.1, 0.15) is 0 Å². The topological polar surface area (TPSA) is 81.5 Å². The van der Waals surface area contributed by atoms with Gasteiger partial charge in [0.15, 0.2) is 0 Å². The number of hydrogen-bond donors (Lipinski definition) is 2. The molecule has 0 unspecified atom stereocenters. The second kappa shape index (κ2) is 2.19. The van der Waals surface area contributed by atoms with Crippen LogP contribution in [-0.4, -0.2) is 12.4 Å². The van der Waals surface area contributed by atoms with E-state index in [9.17, 15) is 4.79 Å². The maximum atomic E-state index is 9.54. The van der Waals surface area contributed by atoms with Crippen molar-refractivity contribution in [1.82, 2.24) is 0 Å². The van der Waals surface area contributed by atoms with Crippen LogP contribution in [0.3, 0.4) is 0 Å². The lowest BCUT2D eigenvalue weighted by Crippen LogP contribution is -2.05. The van der Waals surface area contributed by atoms with Gasteiger partial charge < -0.3 is 11.5 Å². The van der Waals surface area contributed by atoms with E-state index in [0.29, 0.717) is 0 Å². The molecule has 0 fully saturated rings. The monoisotopic (exact) mass is 87.0 g/mol. The van der Waals surface area contributed by atoms with Gasteiger partial charge >= 0.3 is 6.03 Å². The summed E-state index contributed by atoms with van der Waals surface area (Å²) in [6, 6.07) is -0.766. The van der Waals surface area contributed by atoms with Crippen molar-refractivity contribution < 1.29 is 4.79 Å². The minimum atomic E-state index is -0.766. The van der Waals surface area contributed by atoms with Crippen molar-refractivity contribution in [2.75, 3.05) is 0 Å². The standard InChI is InChI=1S/C2H5N3O/c3-1-5-2(4)6/h1H,(H4,3,4,5,6). The van der Waals surface area contributed by atoms with Gasteiger partial charge in [-0.1, -0.05) is 0 Å². The van der Waals surface area contributed by atoms with Gasteiger partial charge in [0.2, 0.25) is 0 Å². The lowest BCUT2D eigenvalue weighted by molar-refractivity contribution is 0.257. The zero-order valence-electron chi connectivity index (χ0n) is 3.09. The zero-order valence-corrected chi connectivity index (χ0v) is 3.09. The second-order valence-electron chi connectivity index (χ2n) is 0.616. The van der Waals surface area contributed by atoms with Crippen molar-refractivity contribution in [1.29, 1.82) is 0 Å². The number of carbonyl (C=O) groups excluding carboxylic acids is 1. The van der Waals surface area contributed by atoms with Crippen molar-refractivity contribution >= 4 is 12.4 Å². The first kappa shape index (κ1) is 4.94. The van der Waals surface area contributed by atoms with Crippen molar-refractivity contribution in [3.8, 4) is 0 Å². The summed E-state index contributed by atoms with van der Waals surface area (Å²) >= 11 is 0. The summed E-state index contributed by atoms with van der Waals surface area (Å²) in [6.07, 6.45) is 0.850. The fourth-order valence-electron chi connectivity index (χ4n) is 0.0735. The quantitative estimate of drug-likeness (QED) is 0.295. The number of rotatable bonds is 0. The Balaban J connectivity index is 3.30. The molecular formula is C2H5N3O. The Bertz CT molecular complexity index is 76.9. The zero-order chi connectivity index (χ0) is 4.99. The number of hydrogen-bond acceptors (Lipinski definition) is 1. The molecule has 4 nitrogen and oxygen atoms in total. The Kier molecular flexibility index (Phi) is 1.81. The summed E-state index contributed by atoms with van der Waals surface area (Å²) in [5.74, 6) is 0. The van der Waals surface area contributed by atoms with Crippen molar-refractivity contribution in [3.05, 3.63) is 0 Å². The van der Waals surface area contributed by atoms with E-state index in [4.69, 9.17) is 0 Å². The molecule has 0 saturated heterocycles. The maximum Gasteiger partial charge on any atom is 0.339 e. The second-order valence-corrected chi connectivity index (χ2v) is 0.616. The largest absolute Gasteiger partial charge is 0.390 e. The van der Waals surface area contributed by atoms with E-state index in [1.807, 2.05) is 0 Å². The van der Waals surface area contributed by atoms with Crippen LogP contribution in [0.15, 0.2) is 4.99 Å². The van der Waals surface area contributed by atoms with Crippen LogP contribution in [0.25, 0.3) is 0 Å². The highest BCUT2D eigenvalue weighted by Gasteiger charge is 1.74. The van der Waals surface area contributed by atoms with E-state index in [1.54, 1.807) is 0 Å². The molecule has 0 rings (SSSR count). The molecule has 0 spiro atoms. The summed E-state index contributed by atoms with van der Waals surface area (Å²) in [4.78, 5) is 12.5. The van der Waals surface area contributed by atoms with E-state index in [1.165, 1.54) is 0 Å². The lowest BCUT2D eigenvalue weighted by Gasteiger charge is -1.70. The molecule has 34 valence electrons. The average molecular weight is 87.1 g/mol. The van der Waals surface area contributed by atoms with Gasteiger partial charge in [-0.25, -0.2) is 4.79 Å². The van der Waals surface area contributed by atoms with Crippen LogP contribution < -0.4 is 11.5 Å². The lowest BCUT2D eigenvalue weighted by atomic mass is 11.1. The molecule has 0 radical (unpaired) electrons. The fraction of sp³-hybridized carbons (Fsp3) is 0. The van der Waals surface area contributed by atoms with Gasteiger partial charge in [-0.3, -0.25) is 0 Å². The van der Waals surface area contributed by atoms with Crippen LogP contribution in [0.2, 0.25) is 0 Å². The van der Waals surface area contributed by atoms with Crippen LogP contribution in [0.5, 0.6) is 0 Å². The highest BCUT2D eigenvalue weighted by atomic mass is 16.2. The normalized spacial score (nSPS) is 9.33. The Hall–Kier alpha value is -1.06. The number of nitrogens with two attached hydrogens (primary N) is 2. The maximum absolute atomic E-state index is 9.54. The number of aliphatic imine (C=N–C) groups is 1. The fourth-order valence-corrected chi connectivity index (χ4v) is 0.0735. The molecule has 0 heterocycles. The number of primary amides is 1. The van der Waals surface area contributed by atoms with Gasteiger partial charge in [-0.2, -0.15) is 4.99 Å². The summed E-state index contributed by atoms with van der Waals surface area (Å²) in [5, 5.41) is 0. The van der Waals surface area contributed by atoms with Crippen molar-refractivity contribution in [2.45, 2.75) is 0 Å². The van der Waals surface area contributed by atoms with Gasteiger partial charge in [0, 0.05) is 0 Å². The van der Waals surface area contributed by atoms with Crippen LogP contribution in [0, 0.1) is 0 Å². The molecule has 0 aliphatic rings. The van der Waals surface area contributed by atoms with E-state index < -0.39 is 6.03 Å². The SMILES string of the molecule is NC=NC(N)=O. The Labute approximate surface area is 34.8 Å². The molecule has 4 N–H and O–H groups in total. The number of urea groups is 1. The minimum absolute atomic E-state index is 0.766. The summed E-state index contributed by atoms with van der Waals surface area (Å²) in [7, 11) is 0. The van der Waals surface area contributed by atoms with Crippen LogP contribution >= 0.6 is 0 Å². The summed E-state index contributed by atoms with van der Waals surface area (Å²) in [5.41, 5.74) is 9.12. The molecule has 0 aromatic heterocycles. The van der Waals surface area contributed by atoms with Crippen molar-refractivity contribution in [3.63, 3.8) is 0 Å². The third-order valence-electron chi connectivity index (χ3n) is 0.202. The Morgan fingerprint density at radius 1 is 1.83 bits per heavy atom. The molecule has 0 aliphatic heterocycles. The average Bonchev–Trinajstić information content (AvgIpc) is 1.35. The van der Waals surface area contributed by atoms with E-state index in [0.717, 1.165) is 6.34 Å². The molecule has 2 amide bonds. The first-order valence-electron chi connectivity index (χ1n) is 1.31. The Morgan fingerprint density at radius 2 is 2.33 bits per heavy atom. The molecular weight excluding hydrogens is 82.0 g/mol. The van der Waals surface area contributed by atoms with E-state index in [-0.39, 0.29) is 0 Å². The third kappa shape index (κ3) is 2.94. The smallest absolute Gasteiger partial charge is 0.339 e. The number of carbonyl (C=O) groups is 1. The molecule has 0 atom stereocenters. The molecule has 0 aromatic carbocycles. The molecule has 0 bridgehead atoms. The van der Waals surface area contributed by atoms with Gasteiger partial charge in [-0.15, -0.1) is 0 Å². The predicted molar refractivity (Wildman–Crippen MR) is 22.3 cm³/mol. The molecule has 0 aromatic rings. The highest BCUT2D eigenvalue weighted by molar-refractivity contribution is 5.80. The molecule has 0 saturated carbocycles. The minimum Gasteiger partial charge on any atom is -0.390 e. The van der Waals surface area contributed by atoms with E-state index >= 15 is 0 Å². The molecule has 4 heteroatoms. The van der Waals surface area contributed by atoms with E-state index in [2.05, 4.69) is 16.5 Å². The van der Waals surface area contributed by atoms with Gasteiger partial charge in [-0.05, 0) is 0 Å². The molecule has 6 heavy (non-hydrogen) atoms.